The summed E-state index contributed by atoms with van der Waals surface area (Å²) in [6, 6.07) is -0.210. The van der Waals surface area contributed by atoms with Crippen LogP contribution >= 0.6 is 15.9 Å². The van der Waals surface area contributed by atoms with E-state index in [0.29, 0.717) is 34.8 Å². The summed E-state index contributed by atoms with van der Waals surface area (Å²) < 4.78 is 14.0. The highest BCUT2D eigenvalue weighted by Crippen LogP contribution is 2.25. The van der Waals surface area contributed by atoms with E-state index in [0.717, 1.165) is 0 Å². The van der Waals surface area contributed by atoms with Crippen molar-refractivity contribution >= 4 is 27.7 Å². The van der Waals surface area contributed by atoms with E-state index in [1.165, 1.54) is 6.08 Å². The van der Waals surface area contributed by atoms with E-state index < -0.39 is 5.60 Å². The van der Waals surface area contributed by atoms with Crippen LogP contribution in [0.2, 0.25) is 0 Å². The highest BCUT2D eigenvalue weighted by molar-refractivity contribution is 9.10. The van der Waals surface area contributed by atoms with Gasteiger partial charge in [-0.1, -0.05) is 6.08 Å². The molecule has 0 radical (unpaired) electrons. The van der Waals surface area contributed by atoms with Gasteiger partial charge in [0.25, 0.3) is 0 Å². The molecule has 0 saturated carbocycles. The van der Waals surface area contributed by atoms with Gasteiger partial charge in [-0.05, 0) is 49.2 Å². The molecule has 120 valence electrons. The van der Waals surface area contributed by atoms with Crippen LogP contribution in [0.4, 0.5) is 16.2 Å². The van der Waals surface area contributed by atoms with Crippen molar-refractivity contribution < 1.29 is 9.50 Å². The zero-order valence-electron chi connectivity index (χ0n) is 12.8. The molecule has 1 aliphatic carbocycles. The van der Waals surface area contributed by atoms with Crippen LogP contribution in [0.1, 0.15) is 33.6 Å². The predicted molar refractivity (Wildman–Crippen MR) is 89.2 cm³/mol. The van der Waals surface area contributed by atoms with Crippen molar-refractivity contribution in [3.63, 3.8) is 0 Å². The van der Waals surface area contributed by atoms with Gasteiger partial charge in [0.2, 0.25) is 5.95 Å². The van der Waals surface area contributed by atoms with Crippen LogP contribution in [0.25, 0.3) is 0 Å². The van der Waals surface area contributed by atoms with Gasteiger partial charge in [-0.2, -0.15) is 4.98 Å². The minimum absolute atomic E-state index is 0.156. The molecule has 0 unspecified atom stereocenters. The first-order valence-corrected chi connectivity index (χ1v) is 7.89. The molecular weight excluding hydrogens is 351 g/mol. The number of allylic oxidation sites excluding steroid dienone is 3. The van der Waals surface area contributed by atoms with E-state index >= 15 is 0 Å². The second-order valence-electron chi connectivity index (χ2n) is 5.82. The Hall–Kier alpha value is -1.47. The molecule has 0 spiro atoms. The standard InChI is InChI=1S/C15H20BrFN4O/c1-9(15(2,3)22)19-13-12(16)8-18-14(21-13)20-11-6-4-5-10(17)7-11/h6-9,22H,4-5H2,1-3H3,(H2,18,19,20,21)/t9-/m1/s1. The molecule has 0 bridgehead atoms. The normalized spacial score (nSPS) is 16.6. The fourth-order valence-electron chi connectivity index (χ4n) is 1.79. The first-order chi connectivity index (χ1) is 10.3. The maximum absolute atomic E-state index is 13.3. The summed E-state index contributed by atoms with van der Waals surface area (Å²) in [5.74, 6) is 0.773. The molecule has 0 amide bonds. The Kier molecular flexibility index (Phi) is 5.18. The first-order valence-electron chi connectivity index (χ1n) is 7.10. The van der Waals surface area contributed by atoms with Crippen molar-refractivity contribution in [2.24, 2.45) is 0 Å². The number of nitrogens with one attached hydrogen (secondary N) is 2. The number of anilines is 2. The third kappa shape index (κ3) is 4.51. The molecule has 0 saturated heterocycles. The molecule has 1 heterocycles. The predicted octanol–water partition coefficient (Wildman–Crippen LogP) is 3.75. The second-order valence-corrected chi connectivity index (χ2v) is 6.68. The monoisotopic (exact) mass is 370 g/mol. The van der Waals surface area contributed by atoms with Gasteiger partial charge in [0.15, 0.2) is 0 Å². The molecule has 0 aromatic carbocycles. The van der Waals surface area contributed by atoms with E-state index in [1.54, 1.807) is 20.0 Å². The topological polar surface area (TPSA) is 70.1 Å². The summed E-state index contributed by atoms with van der Waals surface area (Å²) in [6.45, 7) is 5.31. The Bertz CT molecular complexity index is 610. The van der Waals surface area contributed by atoms with Crippen molar-refractivity contribution in [2.45, 2.75) is 45.3 Å². The Balaban J connectivity index is 2.15. The van der Waals surface area contributed by atoms with Gasteiger partial charge in [-0.25, -0.2) is 9.37 Å². The Morgan fingerprint density at radius 1 is 1.45 bits per heavy atom. The van der Waals surface area contributed by atoms with E-state index in [4.69, 9.17) is 0 Å². The molecular formula is C15H20BrFN4O. The zero-order chi connectivity index (χ0) is 16.3. The van der Waals surface area contributed by atoms with Gasteiger partial charge in [-0.3, -0.25) is 0 Å². The Labute approximate surface area is 137 Å². The maximum atomic E-state index is 13.3. The summed E-state index contributed by atoms with van der Waals surface area (Å²) in [5.41, 5.74) is -0.247. The lowest BCUT2D eigenvalue weighted by molar-refractivity contribution is 0.0647. The molecule has 0 fully saturated rings. The van der Waals surface area contributed by atoms with Crippen LogP contribution in [0.3, 0.4) is 0 Å². The second kappa shape index (κ2) is 6.75. The highest BCUT2D eigenvalue weighted by Gasteiger charge is 2.23. The molecule has 3 N–H and O–H groups in total. The summed E-state index contributed by atoms with van der Waals surface area (Å²) in [5, 5.41) is 16.1. The smallest absolute Gasteiger partial charge is 0.229 e. The molecule has 7 heteroatoms. The molecule has 0 aliphatic heterocycles. The van der Waals surface area contributed by atoms with Gasteiger partial charge in [0.1, 0.15) is 11.6 Å². The number of nitrogens with zero attached hydrogens (tertiary/aromatic N) is 2. The van der Waals surface area contributed by atoms with Gasteiger partial charge < -0.3 is 15.7 Å². The van der Waals surface area contributed by atoms with Crippen LogP contribution < -0.4 is 10.6 Å². The van der Waals surface area contributed by atoms with Crippen LogP contribution in [-0.4, -0.2) is 26.7 Å². The summed E-state index contributed by atoms with van der Waals surface area (Å²) in [6.07, 6.45) is 6.05. The zero-order valence-corrected chi connectivity index (χ0v) is 14.4. The first kappa shape index (κ1) is 16.9. The van der Waals surface area contributed by atoms with Crippen molar-refractivity contribution in [1.29, 1.82) is 0 Å². The maximum Gasteiger partial charge on any atom is 0.229 e. The number of hydrogen-bond acceptors (Lipinski definition) is 5. The van der Waals surface area contributed by atoms with Gasteiger partial charge in [-0.15, -0.1) is 0 Å². The lowest BCUT2D eigenvalue weighted by Gasteiger charge is -2.27. The molecule has 5 nitrogen and oxygen atoms in total. The summed E-state index contributed by atoms with van der Waals surface area (Å²) >= 11 is 3.38. The third-order valence-corrected chi connectivity index (χ3v) is 4.05. The van der Waals surface area contributed by atoms with E-state index in [9.17, 15) is 9.50 Å². The highest BCUT2D eigenvalue weighted by atomic mass is 79.9. The molecule has 1 aliphatic rings. The van der Waals surface area contributed by atoms with E-state index in [-0.39, 0.29) is 11.9 Å². The average molecular weight is 371 g/mol. The van der Waals surface area contributed by atoms with Crippen molar-refractivity contribution in [2.75, 3.05) is 10.6 Å². The fourth-order valence-corrected chi connectivity index (χ4v) is 2.10. The van der Waals surface area contributed by atoms with Crippen molar-refractivity contribution in [1.82, 2.24) is 9.97 Å². The van der Waals surface area contributed by atoms with Crippen LogP contribution in [0, 0.1) is 0 Å². The minimum Gasteiger partial charge on any atom is -0.388 e. The minimum atomic E-state index is -0.893. The fraction of sp³-hybridized carbons (Fsp3) is 0.467. The largest absolute Gasteiger partial charge is 0.388 e. The molecule has 2 rings (SSSR count). The van der Waals surface area contributed by atoms with Crippen LogP contribution in [0.15, 0.2) is 34.3 Å². The van der Waals surface area contributed by atoms with Crippen molar-refractivity contribution in [3.8, 4) is 0 Å². The van der Waals surface area contributed by atoms with Crippen molar-refractivity contribution in [3.05, 3.63) is 34.3 Å². The number of aromatic nitrogens is 2. The summed E-state index contributed by atoms with van der Waals surface area (Å²) in [4.78, 5) is 8.52. The van der Waals surface area contributed by atoms with Crippen LogP contribution in [-0.2, 0) is 0 Å². The van der Waals surface area contributed by atoms with Gasteiger partial charge in [0.05, 0.1) is 16.1 Å². The van der Waals surface area contributed by atoms with E-state index in [2.05, 4.69) is 36.5 Å². The molecule has 1 aromatic heterocycles. The number of hydrogen-bond donors (Lipinski definition) is 3. The number of aliphatic hydroxyl groups is 1. The van der Waals surface area contributed by atoms with E-state index in [1.807, 2.05) is 13.0 Å². The summed E-state index contributed by atoms with van der Waals surface area (Å²) in [7, 11) is 0. The van der Waals surface area contributed by atoms with Gasteiger partial charge in [0, 0.05) is 18.3 Å². The molecule has 1 atom stereocenters. The lowest BCUT2D eigenvalue weighted by Crippen LogP contribution is -2.39. The third-order valence-electron chi connectivity index (χ3n) is 3.47. The molecule has 22 heavy (non-hydrogen) atoms. The number of halogens is 2. The Morgan fingerprint density at radius 3 is 2.82 bits per heavy atom. The molecule has 1 aromatic rings. The quantitative estimate of drug-likeness (QED) is 0.736. The SMILES string of the molecule is C[C@@H](Nc1nc(NC2=CCCC(F)=C2)ncc1Br)C(C)(C)O. The van der Waals surface area contributed by atoms with Crippen LogP contribution in [0.5, 0.6) is 0 Å². The Morgan fingerprint density at radius 2 is 2.18 bits per heavy atom. The van der Waals surface area contributed by atoms with Gasteiger partial charge >= 0.3 is 0 Å². The average Bonchev–Trinajstić information content (AvgIpc) is 2.41. The lowest BCUT2D eigenvalue weighted by atomic mass is 10.0. The number of rotatable bonds is 5.